The Labute approximate surface area is 318 Å². The molecule has 0 unspecified atom stereocenters. The molecule has 4 heterocycles. The molecule has 5 heteroatoms. The predicted molar refractivity (Wildman–Crippen MR) is 233 cm³/mol. The standard InChI is InChI=1S/C50H28N4S/c1-2-11-32(12-3-1)47-46-37-17-6-9-20-42(37)55-49(46)52-50(51-47)54-39-19-8-5-16-35(39)45-41(54)28-26-34-33-15-4-7-18-38(33)53(48(34)45)40-27-24-31-22-21-29-13-10-14-30-23-25-36(40)44(31)43(29)30/h1-28H. The van der Waals surface area contributed by atoms with E-state index in [-0.39, 0.29) is 0 Å². The van der Waals surface area contributed by atoms with Crippen molar-refractivity contribution in [3.63, 3.8) is 0 Å². The molecule has 4 nitrogen and oxygen atoms in total. The fourth-order valence-corrected chi connectivity index (χ4v) is 10.5. The lowest BCUT2D eigenvalue weighted by molar-refractivity contribution is 1.02. The first-order valence-corrected chi connectivity index (χ1v) is 19.5. The molecule has 4 aromatic heterocycles. The lowest BCUT2D eigenvalue weighted by Gasteiger charge is -2.16. The molecule has 0 radical (unpaired) electrons. The minimum atomic E-state index is 0.675. The molecule has 0 aliphatic heterocycles. The van der Waals surface area contributed by atoms with Crippen molar-refractivity contribution in [3.05, 3.63) is 170 Å². The van der Waals surface area contributed by atoms with Crippen molar-refractivity contribution >= 4 is 108 Å². The van der Waals surface area contributed by atoms with Crippen LogP contribution in [0.2, 0.25) is 0 Å². The van der Waals surface area contributed by atoms with Crippen LogP contribution in [0, 0.1) is 0 Å². The van der Waals surface area contributed by atoms with Crippen LogP contribution in [0.4, 0.5) is 0 Å². The van der Waals surface area contributed by atoms with Crippen LogP contribution in [0.15, 0.2) is 170 Å². The Hall–Kier alpha value is -7.08. The van der Waals surface area contributed by atoms with Crippen LogP contribution >= 0.6 is 11.3 Å². The zero-order valence-corrected chi connectivity index (χ0v) is 30.2. The number of hydrogen-bond donors (Lipinski definition) is 0. The van der Waals surface area contributed by atoms with Gasteiger partial charge in [0.15, 0.2) is 0 Å². The fraction of sp³-hybridized carbons (Fsp3) is 0. The van der Waals surface area contributed by atoms with E-state index in [1.165, 1.54) is 80.7 Å². The second-order valence-electron chi connectivity index (χ2n) is 14.5. The Bertz CT molecular complexity index is 3700. The molecule has 0 bridgehead atoms. The summed E-state index contributed by atoms with van der Waals surface area (Å²) in [6.07, 6.45) is 0. The molecule has 13 rings (SSSR count). The highest BCUT2D eigenvalue weighted by Gasteiger charge is 2.24. The number of thiophene rings is 1. The Balaban J connectivity index is 1.19. The first kappa shape index (κ1) is 29.4. The summed E-state index contributed by atoms with van der Waals surface area (Å²) < 4.78 is 6.01. The smallest absolute Gasteiger partial charge is 0.236 e. The third-order valence-corrected chi connectivity index (χ3v) is 12.8. The molecular weight excluding hydrogens is 689 g/mol. The van der Waals surface area contributed by atoms with Crippen LogP contribution < -0.4 is 0 Å². The highest BCUT2D eigenvalue weighted by Crippen LogP contribution is 2.45. The van der Waals surface area contributed by atoms with Gasteiger partial charge in [0, 0.05) is 48.0 Å². The SMILES string of the molecule is c1ccc(-c2nc(-n3c4ccccc4c4c3ccc3c5ccccc5n(-c5ccc6ccc7cccc8ccc5c6c78)c34)nc3sc4ccccc4c23)cc1. The van der Waals surface area contributed by atoms with E-state index < -0.39 is 0 Å². The highest BCUT2D eigenvalue weighted by molar-refractivity contribution is 7.25. The van der Waals surface area contributed by atoms with Crippen LogP contribution in [-0.2, 0) is 0 Å². The molecule has 0 aliphatic carbocycles. The summed E-state index contributed by atoms with van der Waals surface area (Å²) in [4.78, 5) is 11.9. The summed E-state index contributed by atoms with van der Waals surface area (Å²) in [5.74, 6) is 0.675. The number of aromatic nitrogens is 4. The molecule has 0 aliphatic rings. The molecule has 0 atom stereocenters. The van der Waals surface area contributed by atoms with Crippen LogP contribution in [0.25, 0.3) is 119 Å². The first-order valence-electron chi connectivity index (χ1n) is 18.7. The summed E-state index contributed by atoms with van der Waals surface area (Å²) in [7, 11) is 0. The van der Waals surface area contributed by atoms with Gasteiger partial charge >= 0.3 is 0 Å². The summed E-state index contributed by atoms with van der Waals surface area (Å²) >= 11 is 1.73. The molecular formula is C50H28N4S. The fourth-order valence-electron chi connectivity index (χ4n) is 9.41. The molecule has 0 N–H and O–H groups in total. The number of rotatable bonds is 3. The van der Waals surface area contributed by atoms with Gasteiger partial charge in [-0.1, -0.05) is 140 Å². The molecule has 254 valence electrons. The molecule has 13 aromatic rings. The van der Waals surface area contributed by atoms with Gasteiger partial charge in [0.05, 0.1) is 33.4 Å². The molecule has 0 amide bonds. The number of para-hydroxylation sites is 2. The van der Waals surface area contributed by atoms with Crippen molar-refractivity contribution in [2.24, 2.45) is 0 Å². The number of nitrogens with zero attached hydrogens (tertiary/aromatic N) is 4. The van der Waals surface area contributed by atoms with E-state index in [2.05, 4.69) is 179 Å². The van der Waals surface area contributed by atoms with Crippen molar-refractivity contribution in [2.75, 3.05) is 0 Å². The van der Waals surface area contributed by atoms with E-state index in [0.29, 0.717) is 5.95 Å². The van der Waals surface area contributed by atoms with Gasteiger partial charge in [-0.25, -0.2) is 9.97 Å². The average Bonchev–Trinajstić information content (AvgIpc) is 3.90. The van der Waals surface area contributed by atoms with Crippen molar-refractivity contribution in [1.82, 2.24) is 19.1 Å². The van der Waals surface area contributed by atoms with Gasteiger partial charge < -0.3 is 4.57 Å². The molecule has 9 aromatic carbocycles. The van der Waals surface area contributed by atoms with E-state index in [1.54, 1.807) is 11.3 Å². The summed E-state index contributed by atoms with van der Waals surface area (Å²) in [6.45, 7) is 0. The molecule has 0 fully saturated rings. The van der Waals surface area contributed by atoms with Gasteiger partial charge in [0.1, 0.15) is 4.83 Å². The van der Waals surface area contributed by atoms with Gasteiger partial charge in [0.25, 0.3) is 0 Å². The van der Waals surface area contributed by atoms with E-state index in [1.807, 2.05) is 0 Å². The minimum Gasteiger partial charge on any atom is -0.308 e. The minimum absolute atomic E-state index is 0.675. The van der Waals surface area contributed by atoms with Gasteiger partial charge in [-0.15, -0.1) is 11.3 Å². The van der Waals surface area contributed by atoms with Crippen molar-refractivity contribution in [3.8, 4) is 22.9 Å². The predicted octanol–water partition coefficient (Wildman–Crippen LogP) is 13.6. The van der Waals surface area contributed by atoms with Crippen LogP contribution in [0.1, 0.15) is 0 Å². The van der Waals surface area contributed by atoms with Crippen LogP contribution in [-0.4, -0.2) is 19.1 Å². The maximum Gasteiger partial charge on any atom is 0.236 e. The molecule has 55 heavy (non-hydrogen) atoms. The summed E-state index contributed by atoms with van der Waals surface area (Å²) in [6, 6.07) is 61.7. The van der Waals surface area contributed by atoms with Crippen LogP contribution in [0.5, 0.6) is 0 Å². The van der Waals surface area contributed by atoms with Crippen LogP contribution in [0.3, 0.4) is 0 Å². The molecule has 0 saturated heterocycles. The second-order valence-corrected chi connectivity index (χ2v) is 15.5. The number of benzene rings is 9. The third-order valence-electron chi connectivity index (χ3n) is 11.7. The average molecular weight is 717 g/mol. The normalized spacial score (nSPS) is 12.4. The van der Waals surface area contributed by atoms with Gasteiger partial charge in [0.2, 0.25) is 5.95 Å². The van der Waals surface area contributed by atoms with Gasteiger partial charge in [-0.2, -0.15) is 0 Å². The maximum absolute atomic E-state index is 5.48. The highest BCUT2D eigenvalue weighted by atomic mass is 32.1. The van der Waals surface area contributed by atoms with E-state index in [0.717, 1.165) is 32.5 Å². The quantitative estimate of drug-likeness (QED) is 0.171. The Morgan fingerprint density at radius 2 is 1.04 bits per heavy atom. The van der Waals surface area contributed by atoms with Crippen molar-refractivity contribution in [1.29, 1.82) is 0 Å². The van der Waals surface area contributed by atoms with Crippen molar-refractivity contribution in [2.45, 2.75) is 0 Å². The zero-order chi connectivity index (χ0) is 35.8. The van der Waals surface area contributed by atoms with Gasteiger partial charge in [-0.3, -0.25) is 4.57 Å². The largest absolute Gasteiger partial charge is 0.308 e. The topological polar surface area (TPSA) is 35.6 Å². The van der Waals surface area contributed by atoms with Gasteiger partial charge in [-0.05, 0) is 57.3 Å². The van der Waals surface area contributed by atoms with E-state index in [4.69, 9.17) is 9.97 Å². The summed E-state index contributed by atoms with van der Waals surface area (Å²) in [5, 5.41) is 14.8. The zero-order valence-electron chi connectivity index (χ0n) is 29.4. The maximum atomic E-state index is 5.48. The summed E-state index contributed by atoms with van der Waals surface area (Å²) in [5.41, 5.74) is 7.74. The Kier molecular flexibility index (Phi) is 5.74. The van der Waals surface area contributed by atoms with E-state index in [9.17, 15) is 0 Å². The second kappa shape index (κ2) is 10.8. The lowest BCUT2D eigenvalue weighted by atomic mass is 9.93. The number of fused-ring (bicyclic) bond motifs is 10. The third kappa shape index (κ3) is 3.89. The van der Waals surface area contributed by atoms with E-state index >= 15 is 0 Å². The molecule has 0 spiro atoms. The van der Waals surface area contributed by atoms with Crippen molar-refractivity contribution < 1.29 is 0 Å². The monoisotopic (exact) mass is 716 g/mol. The Morgan fingerprint density at radius 3 is 1.87 bits per heavy atom. The molecule has 0 saturated carbocycles. The first-order chi connectivity index (χ1) is 27.3. The number of hydrogen-bond acceptors (Lipinski definition) is 3. The lowest BCUT2D eigenvalue weighted by Crippen LogP contribution is -2.02. The Morgan fingerprint density at radius 1 is 0.382 bits per heavy atom.